The van der Waals surface area contributed by atoms with Crippen molar-refractivity contribution in [3.8, 4) is 11.5 Å². The molecule has 0 unspecified atom stereocenters. The molecular formula is C24H31N4O3+. The van der Waals surface area contributed by atoms with Crippen molar-refractivity contribution in [2.24, 2.45) is 0 Å². The van der Waals surface area contributed by atoms with Crippen LogP contribution in [0.1, 0.15) is 35.7 Å². The number of nitrogens with one attached hydrogen (secondary N) is 3. The van der Waals surface area contributed by atoms with Crippen LogP contribution >= 0.6 is 0 Å². The van der Waals surface area contributed by atoms with E-state index < -0.39 is 0 Å². The summed E-state index contributed by atoms with van der Waals surface area (Å²) in [5, 5.41) is 2.97. The van der Waals surface area contributed by atoms with E-state index in [9.17, 15) is 4.79 Å². The highest BCUT2D eigenvalue weighted by Gasteiger charge is 2.27. The van der Waals surface area contributed by atoms with Gasteiger partial charge < -0.3 is 24.7 Å². The number of ether oxygens (including phenoxy) is 2. The molecule has 0 saturated carbocycles. The van der Waals surface area contributed by atoms with Gasteiger partial charge in [0.2, 0.25) is 0 Å². The van der Waals surface area contributed by atoms with E-state index in [4.69, 9.17) is 14.5 Å². The van der Waals surface area contributed by atoms with Crippen LogP contribution in [0.5, 0.6) is 11.5 Å². The molecule has 1 aliphatic rings. The van der Waals surface area contributed by atoms with E-state index in [1.54, 1.807) is 26.4 Å². The SMILES string of the molecule is COc1ccc(OC)c(NC(=O)C[NH+]2CCC(c3nc4cc(C)c(C)cc4[nH]3)CC2)c1. The van der Waals surface area contributed by atoms with Gasteiger partial charge in [0.05, 0.1) is 44.0 Å². The molecule has 0 bridgehead atoms. The number of quaternary nitrogens is 1. The molecular weight excluding hydrogens is 392 g/mol. The number of rotatable bonds is 6. The van der Waals surface area contributed by atoms with Gasteiger partial charge in [0, 0.05) is 24.8 Å². The van der Waals surface area contributed by atoms with Crippen molar-refractivity contribution < 1.29 is 19.2 Å². The van der Waals surface area contributed by atoms with Crippen LogP contribution in [0.4, 0.5) is 5.69 Å². The highest BCUT2D eigenvalue weighted by atomic mass is 16.5. The standard InChI is InChI=1S/C24H30N4O3/c1-15-11-19-20(12-16(15)2)27-24(26-19)17-7-9-28(10-8-17)14-23(29)25-21-13-18(30-3)5-6-22(21)31-4/h5-6,11-13,17H,7-10,14H2,1-4H3,(H,25,29)(H,26,27)/p+1. The number of likely N-dealkylation sites (tertiary alicyclic amines) is 1. The summed E-state index contributed by atoms with van der Waals surface area (Å²) < 4.78 is 10.6. The third-order valence-electron chi connectivity index (χ3n) is 6.29. The Morgan fingerprint density at radius 1 is 1.13 bits per heavy atom. The third kappa shape index (κ3) is 4.66. The number of aryl methyl sites for hydroxylation is 2. The molecule has 1 aliphatic heterocycles. The number of fused-ring (bicyclic) bond motifs is 1. The molecule has 0 spiro atoms. The van der Waals surface area contributed by atoms with Gasteiger partial charge in [0.1, 0.15) is 17.3 Å². The highest BCUT2D eigenvalue weighted by molar-refractivity contribution is 5.93. The Morgan fingerprint density at radius 2 is 1.87 bits per heavy atom. The van der Waals surface area contributed by atoms with Crippen LogP contribution in [-0.4, -0.2) is 49.7 Å². The minimum atomic E-state index is -0.0188. The maximum Gasteiger partial charge on any atom is 0.279 e. The summed E-state index contributed by atoms with van der Waals surface area (Å²) in [6.45, 7) is 6.58. The maximum absolute atomic E-state index is 12.6. The van der Waals surface area contributed by atoms with Crippen molar-refractivity contribution in [1.29, 1.82) is 0 Å². The Morgan fingerprint density at radius 3 is 2.58 bits per heavy atom. The fraction of sp³-hybridized carbons (Fsp3) is 0.417. The Hall–Kier alpha value is -3.06. The normalized spacial score (nSPS) is 18.7. The average Bonchev–Trinajstić information content (AvgIpc) is 3.17. The largest absolute Gasteiger partial charge is 0.497 e. The molecule has 1 amide bonds. The van der Waals surface area contributed by atoms with Gasteiger partial charge in [-0.05, 0) is 49.2 Å². The van der Waals surface area contributed by atoms with Crippen molar-refractivity contribution >= 4 is 22.6 Å². The van der Waals surface area contributed by atoms with E-state index in [1.807, 2.05) is 6.07 Å². The number of methoxy groups -OCH3 is 2. The lowest BCUT2D eigenvalue weighted by Gasteiger charge is -2.27. The third-order valence-corrected chi connectivity index (χ3v) is 6.29. The first-order valence-electron chi connectivity index (χ1n) is 10.8. The number of aromatic amines is 1. The summed E-state index contributed by atoms with van der Waals surface area (Å²) in [5.41, 5.74) is 5.33. The molecule has 1 fully saturated rings. The van der Waals surface area contributed by atoms with Gasteiger partial charge in [0.15, 0.2) is 6.54 Å². The number of hydrogen-bond acceptors (Lipinski definition) is 4. The number of anilines is 1. The smallest absolute Gasteiger partial charge is 0.279 e. The van der Waals surface area contributed by atoms with Crippen LogP contribution in [0, 0.1) is 13.8 Å². The minimum Gasteiger partial charge on any atom is -0.497 e. The predicted octanol–water partition coefficient (Wildman–Crippen LogP) is 2.60. The summed E-state index contributed by atoms with van der Waals surface area (Å²) >= 11 is 0. The lowest BCUT2D eigenvalue weighted by atomic mass is 9.96. The molecule has 1 aromatic heterocycles. The first-order valence-corrected chi connectivity index (χ1v) is 10.8. The molecule has 0 aliphatic carbocycles. The van der Waals surface area contributed by atoms with Gasteiger partial charge >= 0.3 is 0 Å². The van der Waals surface area contributed by atoms with Crippen molar-refractivity contribution in [1.82, 2.24) is 9.97 Å². The van der Waals surface area contributed by atoms with Crippen molar-refractivity contribution in [2.75, 3.05) is 39.2 Å². The molecule has 164 valence electrons. The number of piperidine rings is 1. The van der Waals surface area contributed by atoms with Crippen LogP contribution in [0.2, 0.25) is 0 Å². The van der Waals surface area contributed by atoms with E-state index in [0.717, 1.165) is 42.8 Å². The van der Waals surface area contributed by atoms with Crippen molar-refractivity contribution in [3.05, 3.63) is 47.3 Å². The minimum absolute atomic E-state index is 0.0188. The lowest BCUT2D eigenvalue weighted by Crippen LogP contribution is -3.14. The van der Waals surface area contributed by atoms with Gasteiger partial charge in [-0.15, -0.1) is 0 Å². The summed E-state index contributed by atoms with van der Waals surface area (Å²) in [5.74, 6) is 2.77. The number of amides is 1. The van der Waals surface area contributed by atoms with Crippen LogP contribution in [0.25, 0.3) is 11.0 Å². The summed E-state index contributed by atoms with van der Waals surface area (Å²) in [4.78, 5) is 22.3. The zero-order chi connectivity index (χ0) is 22.0. The number of carbonyl (C=O) groups excluding carboxylic acids is 1. The van der Waals surface area contributed by atoms with Gasteiger partial charge in [-0.1, -0.05) is 0 Å². The van der Waals surface area contributed by atoms with Gasteiger partial charge in [-0.3, -0.25) is 4.79 Å². The second-order valence-electron chi connectivity index (χ2n) is 8.39. The van der Waals surface area contributed by atoms with Gasteiger partial charge in [-0.2, -0.15) is 0 Å². The number of hydrogen-bond donors (Lipinski definition) is 3. The molecule has 2 heterocycles. The van der Waals surface area contributed by atoms with E-state index in [0.29, 0.717) is 29.6 Å². The van der Waals surface area contributed by atoms with E-state index in [2.05, 4.69) is 36.3 Å². The predicted molar refractivity (Wildman–Crippen MR) is 121 cm³/mol. The van der Waals surface area contributed by atoms with E-state index in [-0.39, 0.29) is 5.91 Å². The topological polar surface area (TPSA) is 80.7 Å². The monoisotopic (exact) mass is 423 g/mol. The lowest BCUT2D eigenvalue weighted by molar-refractivity contribution is -0.897. The molecule has 31 heavy (non-hydrogen) atoms. The Labute approximate surface area is 182 Å². The fourth-order valence-corrected chi connectivity index (χ4v) is 4.29. The fourth-order valence-electron chi connectivity index (χ4n) is 4.29. The summed E-state index contributed by atoms with van der Waals surface area (Å²) in [6, 6.07) is 9.72. The number of benzene rings is 2. The van der Waals surface area contributed by atoms with Crippen LogP contribution in [-0.2, 0) is 4.79 Å². The quantitative estimate of drug-likeness (QED) is 0.569. The zero-order valence-corrected chi connectivity index (χ0v) is 18.7. The van der Waals surface area contributed by atoms with Crippen molar-refractivity contribution in [3.63, 3.8) is 0 Å². The molecule has 1 saturated heterocycles. The highest BCUT2D eigenvalue weighted by Crippen LogP contribution is 2.29. The average molecular weight is 424 g/mol. The molecule has 0 radical (unpaired) electrons. The molecule has 7 nitrogen and oxygen atoms in total. The second kappa shape index (κ2) is 8.98. The molecule has 3 aromatic rings. The molecule has 0 atom stereocenters. The molecule has 7 heteroatoms. The van der Waals surface area contributed by atoms with Gasteiger partial charge in [0.25, 0.3) is 5.91 Å². The van der Waals surface area contributed by atoms with E-state index >= 15 is 0 Å². The molecule has 2 aromatic carbocycles. The maximum atomic E-state index is 12.6. The number of aromatic nitrogens is 2. The number of carbonyl (C=O) groups is 1. The Kier molecular flexibility index (Phi) is 6.13. The molecule has 4 rings (SSSR count). The van der Waals surface area contributed by atoms with Crippen LogP contribution < -0.4 is 19.7 Å². The Bertz CT molecular complexity index is 1040. The first-order chi connectivity index (χ1) is 15.0. The zero-order valence-electron chi connectivity index (χ0n) is 18.7. The Balaban J connectivity index is 1.35. The van der Waals surface area contributed by atoms with Crippen LogP contribution in [0.3, 0.4) is 0 Å². The number of nitrogens with zero attached hydrogens (tertiary/aromatic N) is 1. The van der Waals surface area contributed by atoms with Crippen LogP contribution in [0.15, 0.2) is 30.3 Å². The second-order valence-corrected chi connectivity index (χ2v) is 8.39. The summed E-state index contributed by atoms with van der Waals surface area (Å²) in [7, 11) is 3.19. The summed E-state index contributed by atoms with van der Waals surface area (Å²) in [6.07, 6.45) is 2.03. The van der Waals surface area contributed by atoms with E-state index in [1.165, 1.54) is 16.0 Å². The number of H-pyrrole nitrogens is 1. The molecule has 3 N–H and O–H groups in total. The number of imidazole rings is 1. The van der Waals surface area contributed by atoms with Crippen molar-refractivity contribution in [2.45, 2.75) is 32.6 Å². The first kappa shape index (κ1) is 21.2. The van der Waals surface area contributed by atoms with Gasteiger partial charge in [-0.25, -0.2) is 4.98 Å².